The highest BCUT2D eigenvalue weighted by Gasteiger charge is 2.19. The van der Waals surface area contributed by atoms with Crippen LogP contribution in [0.2, 0.25) is 0 Å². The van der Waals surface area contributed by atoms with Gasteiger partial charge in [-0.15, -0.1) is 0 Å². The summed E-state index contributed by atoms with van der Waals surface area (Å²) in [6.07, 6.45) is 3.68. The van der Waals surface area contributed by atoms with Gasteiger partial charge >= 0.3 is 5.97 Å². The lowest BCUT2D eigenvalue weighted by Crippen LogP contribution is -2.27. The van der Waals surface area contributed by atoms with Crippen molar-refractivity contribution < 1.29 is 19.8 Å². The van der Waals surface area contributed by atoms with Crippen LogP contribution in [-0.4, -0.2) is 22.1 Å². The molecule has 0 radical (unpaired) electrons. The molecule has 3 N–H and O–H groups in total. The number of hydrogen-bond acceptors (Lipinski definition) is 3. The van der Waals surface area contributed by atoms with Crippen LogP contribution in [0, 0.1) is 0 Å². The number of carbonyl (C=O) groups is 2. The van der Waals surface area contributed by atoms with E-state index in [1.807, 2.05) is 36.4 Å². The number of aromatic hydroxyl groups is 1. The van der Waals surface area contributed by atoms with Gasteiger partial charge in [-0.05, 0) is 49.3 Å². The molecule has 0 fully saturated rings. The number of aryl methyl sites for hydroxylation is 1. The second kappa shape index (κ2) is 8.54. The summed E-state index contributed by atoms with van der Waals surface area (Å²) in [6.45, 7) is 0. The van der Waals surface area contributed by atoms with Gasteiger partial charge in [-0.25, -0.2) is 4.79 Å². The Hall–Kier alpha value is -3.08. The number of amides is 1. The zero-order chi connectivity index (χ0) is 19.2. The second-order valence-electron chi connectivity index (χ2n) is 6.74. The molecular formula is C22H23NO4. The van der Waals surface area contributed by atoms with E-state index in [2.05, 4.69) is 5.32 Å². The third kappa shape index (κ3) is 4.76. The highest BCUT2D eigenvalue weighted by atomic mass is 16.4. The molecule has 140 valence electrons. The molecule has 2 aromatic carbocycles. The Morgan fingerprint density at radius 3 is 2.56 bits per heavy atom. The Balaban J connectivity index is 1.65. The van der Waals surface area contributed by atoms with E-state index >= 15 is 0 Å². The Kier molecular flexibility index (Phi) is 5.91. The number of rotatable bonds is 6. The van der Waals surface area contributed by atoms with Crippen LogP contribution in [0.3, 0.4) is 0 Å². The maximum absolute atomic E-state index is 12.3. The Morgan fingerprint density at radius 2 is 1.78 bits per heavy atom. The topological polar surface area (TPSA) is 86.6 Å². The summed E-state index contributed by atoms with van der Waals surface area (Å²) >= 11 is 0. The molecule has 0 bridgehead atoms. The first-order valence-electron chi connectivity index (χ1n) is 9.17. The van der Waals surface area contributed by atoms with Crippen LogP contribution >= 0.6 is 0 Å². The molecule has 1 aliphatic rings. The number of allylic oxidation sites excluding steroid dienone is 1. The van der Waals surface area contributed by atoms with Crippen molar-refractivity contribution in [3.05, 3.63) is 65.4 Å². The molecule has 0 saturated carbocycles. The van der Waals surface area contributed by atoms with E-state index in [9.17, 15) is 19.8 Å². The molecule has 5 nitrogen and oxygen atoms in total. The minimum Gasteiger partial charge on any atom is -0.507 e. The fourth-order valence-corrected chi connectivity index (χ4v) is 3.38. The predicted molar refractivity (Wildman–Crippen MR) is 103 cm³/mol. The standard InChI is InChI=1S/C22H23NO4/c24-20-11-4-2-8-17(20)16-7-5-6-15(14-16)12-13-21(25)23-19-10-3-1-9-18(19)22(26)27/h2,4-8,11,14,24H,1,3,9-10,12-13H2,(H,23,25)(H,26,27). The first kappa shape index (κ1) is 18.7. The van der Waals surface area contributed by atoms with Gasteiger partial charge in [0.1, 0.15) is 5.75 Å². The SMILES string of the molecule is O=C(CCc1cccc(-c2ccccc2O)c1)NC1=C(C(=O)O)CCCC1. The minimum absolute atomic E-state index is 0.168. The first-order valence-corrected chi connectivity index (χ1v) is 9.17. The van der Waals surface area contributed by atoms with Crippen LogP contribution in [0.4, 0.5) is 0 Å². The van der Waals surface area contributed by atoms with Crippen molar-refractivity contribution in [1.29, 1.82) is 0 Å². The van der Waals surface area contributed by atoms with Crippen molar-refractivity contribution in [2.24, 2.45) is 0 Å². The lowest BCUT2D eigenvalue weighted by atomic mass is 9.96. The largest absolute Gasteiger partial charge is 0.507 e. The molecule has 3 rings (SSSR count). The van der Waals surface area contributed by atoms with Crippen molar-refractivity contribution in [3.8, 4) is 16.9 Å². The normalized spacial score (nSPS) is 14.1. The molecule has 0 aromatic heterocycles. The fourth-order valence-electron chi connectivity index (χ4n) is 3.38. The van der Waals surface area contributed by atoms with E-state index < -0.39 is 5.97 Å². The highest BCUT2D eigenvalue weighted by Crippen LogP contribution is 2.29. The number of hydrogen-bond donors (Lipinski definition) is 3. The summed E-state index contributed by atoms with van der Waals surface area (Å²) in [4.78, 5) is 23.6. The summed E-state index contributed by atoms with van der Waals surface area (Å²) in [7, 11) is 0. The molecule has 1 aliphatic carbocycles. The molecule has 0 unspecified atom stereocenters. The third-order valence-corrected chi connectivity index (χ3v) is 4.80. The highest BCUT2D eigenvalue weighted by molar-refractivity contribution is 5.89. The maximum Gasteiger partial charge on any atom is 0.333 e. The van der Waals surface area contributed by atoms with Crippen molar-refractivity contribution in [1.82, 2.24) is 5.32 Å². The number of carboxylic acids is 1. The van der Waals surface area contributed by atoms with Crippen LogP contribution in [0.15, 0.2) is 59.8 Å². The molecule has 0 saturated heterocycles. The van der Waals surface area contributed by atoms with Gasteiger partial charge in [0.15, 0.2) is 0 Å². The molecule has 0 aliphatic heterocycles. The van der Waals surface area contributed by atoms with Gasteiger partial charge in [0.25, 0.3) is 0 Å². The monoisotopic (exact) mass is 365 g/mol. The van der Waals surface area contributed by atoms with Crippen LogP contribution < -0.4 is 5.32 Å². The molecular weight excluding hydrogens is 342 g/mol. The second-order valence-corrected chi connectivity index (χ2v) is 6.74. The Morgan fingerprint density at radius 1 is 1.00 bits per heavy atom. The minimum atomic E-state index is -0.944. The van der Waals surface area contributed by atoms with Gasteiger partial charge in [0, 0.05) is 17.7 Å². The van der Waals surface area contributed by atoms with Crippen molar-refractivity contribution >= 4 is 11.9 Å². The quantitative estimate of drug-likeness (QED) is 0.722. The zero-order valence-corrected chi connectivity index (χ0v) is 15.1. The van der Waals surface area contributed by atoms with Gasteiger partial charge in [-0.1, -0.05) is 42.5 Å². The molecule has 0 spiro atoms. The molecule has 5 heteroatoms. The third-order valence-electron chi connectivity index (χ3n) is 4.80. The van der Waals surface area contributed by atoms with E-state index in [-0.39, 0.29) is 18.1 Å². The van der Waals surface area contributed by atoms with Gasteiger partial charge in [0.2, 0.25) is 5.91 Å². The number of carbonyl (C=O) groups excluding carboxylic acids is 1. The molecule has 1 amide bonds. The van der Waals surface area contributed by atoms with Crippen LogP contribution in [0.1, 0.15) is 37.7 Å². The average molecular weight is 365 g/mol. The number of carboxylic acid groups (broad SMARTS) is 1. The van der Waals surface area contributed by atoms with Gasteiger partial charge in [-0.2, -0.15) is 0 Å². The Bertz CT molecular complexity index is 885. The lowest BCUT2D eigenvalue weighted by molar-refractivity contribution is -0.133. The summed E-state index contributed by atoms with van der Waals surface area (Å²) in [5.74, 6) is -0.892. The number of phenolic OH excluding ortho intramolecular Hbond substituents is 1. The number of phenols is 1. The van der Waals surface area contributed by atoms with Crippen molar-refractivity contribution in [3.63, 3.8) is 0 Å². The number of aliphatic carboxylic acids is 1. The van der Waals surface area contributed by atoms with E-state index in [0.29, 0.717) is 30.5 Å². The predicted octanol–water partition coefficient (Wildman–Crippen LogP) is 4.02. The van der Waals surface area contributed by atoms with Crippen molar-refractivity contribution in [2.45, 2.75) is 38.5 Å². The van der Waals surface area contributed by atoms with E-state index in [0.717, 1.165) is 29.5 Å². The number of benzene rings is 2. The first-order chi connectivity index (χ1) is 13.0. The average Bonchev–Trinajstić information content (AvgIpc) is 2.67. The molecule has 27 heavy (non-hydrogen) atoms. The van der Waals surface area contributed by atoms with Gasteiger partial charge in [0.05, 0.1) is 5.57 Å². The summed E-state index contributed by atoms with van der Waals surface area (Å²) < 4.78 is 0. The van der Waals surface area contributed by atoms with Crippen LogP contribution in [0.25, 0.3) is 11.1 Å². The molecule has 0 atom stereocenters. The Labute approximate surface area is 158 Å². The van der Waals surface area contributed by atoms with Gasteiger partial charge < -0.3 is 15.5 Å². The maximum atomic E-state index is 12.3. The van der Waals surface area contributed by atoms with Gasteiger partial charge in [-0.3, -0.25) is 4.79 Å². The smallest absolute Gasteiger partial charge is 0.333 e. The molecule has 0 heterocycles. The van der Waals surface area contributed by atoms with Crippen LogP contribution in [0.5, 0.6) is 5.75 Å². The summed E-state index contributed by atoms with van der Waals surface area (Å²) in [6, 6.07) is 14.9. The van der Waals surface area contributed by atoms with E-state index in [1.54, 1.807) is 12.1 Å². The summed E-state index contributed by atoms with van der Waals surface area (Å²) in [5, 5.41) is 22.1. The molecule has 2 aromatic rings. The van der Waals surface area contributed by atoms with E-state index in [1.165, 1.54) is 0 Å². The summed E-state index contributed by atoms with van der Waals surface area (Å²) in [5.41, 5.74) is 3.52. The lowest BCUT2D eigenvalue weighted by Gasteiger charge is -2.18. The fraction of sp³-hybridized carbons (Fsp3) is 0.273. The number of nitrogens with one attached hydrogen (secondary N) is 1. The van der Waals surface area contributed by atoms with Crippen molar-refractivity contribution in [2.75, 3.05) is 0 Å². The zero-order valence-electron chi connectivity index (χ0n) is 15.1. The van der Waals surface area contributed by atoms with Crippen LogP contribution in [-0.2, 0) is 16.0 Å². The van der Waals surface area contributed by atoms with E-state index in [4.69, 9.17) is 0 Å². The number of para-hydroxylation sites is 1.